The van der Waals surface area contributed by atoms with Gasteiger partial charge in [-0.25, -0.2) is 9.67 Å². The molecule has 0 saturated carbocycles. The number of thiazole rings is 1. The maximum Gasteiger partial charge on any atom is 0.280 e. The number of aliphatic hydroxyl groups excluding tert-OH is 1. The molecule has 4 heterocycles. The molecule has 9 nitrogen and oxygen atoms in total. The van der Waals surface area contributed by atoms with Crippen LogP contribution in [-0.2, 0) is 4.79 Å². The minimum atomic E-state index is -0.884. The molecule has 0 bridgehead atoms. The molecule has 3 atom stereocenters. The molecule has 2 aliphatic heterocycles. The third-order valence-electron chi connectivity index (χ3n) is 7.65. The number of aromatic nitrogens is 3. The van der Waals surface area contributed by atoms with Gasteiger partial charge in [-0.15, -0.1) is 11.3 Å². The van der Waals surface area contributed by atoms with E-state index in [9.17, 15) is 14.7 Å². The Bertz CT molecular complexity index is 1670. The number of hydrogen-bond donors (Lipinski definition) is 2. The molecule has 0 radical (unpaired) electrons. The molecule has 204 valence electrons. The standard InChI is InChI=1S/C30H30N6O3S/c1-18-15-31-28(40-18)27(38)33-26-25(19-8-6-5-7-9-19)35(29(39)30(26,2)3)21-10-12-23-20(14-21)16-32-36(23)22-11-13-24(37)34(4)17-22/h5-17,24-26,37H,1-4H3,(H,33,38)/t24?,25-,26-/m1/s1. The van der Waals surface area contributed by atoms with Gasteiger partial charge in [0.2, 0.25) is 5.91 Å². The van der Waals surface area contributed by atoms with Gasteiger partial charge >= 0.3 is 0 Å². The van der Waals surface area contributed by atoms with Gasteiger partial charge in [-0.1, -0.05) is 30.3 Å². The Balaban J connectivity index is 1.41. The lowest BCUT2D eigenvalue weighted by molar-refractivity contribution is -0.124. The Morgan fingerprint density at radius 2 is 1.90 bits per heavy atom. The molecule has 10 heteroatoms. The minimum absolute atomic E-state index is 0.0813. The molecule has 1 unspecified atom stereocenters. The Hall–Kier alpha value is -4.28. The number of aliphatic hydroxyl groups is 1. The van der Waals surface area contributed by atoms with Crippen molar-refractivity contribution in [2.75, 3.05) is 11.9 Å². The summed E-state index contributed by atoms with van der Waals surface area (Å²) in [5.41, 5.74) is 2.45. The molecule has 0 spiro atoms. The first kappa shape index (κ1) is 26.0. The zero-order chi connectivity index (χ0) is 28.2. The molecule has 6 rings (SSSR count). The number of likely N-dealkylation sites (N-methyl/N-ethyl adjacent to an activating group) is 1. The molecule has 4 aromatic rings. The quantitative estimate of drug-likeness (QED) is 0.381. The van der Waals surface area contributed by atoms with Crippen LogP contribution in [0.1, 0.15) is 40.1 Å². The molecular weight excluding hydrogens is 524 g/mol. The second-order valence-electron chi connectivity index (χ2n) is 10.8. The average Bonchev–Trinajstić information content (AvgIpc) is 3.62. The number of anilines is 1. The van der Waals surface area contributed by atoms with Crippen LogP contribution >= 0.6 is 11.3 Å². The monoisotopic (exact) mass is 554 g/mol. The molecule has 1 saturated heterocycles. The molecule has 2 N–H and O–H groups in total. The first-order valence-corrected chi connectivity index (χ1v) is 13.9. The van der Waals surface area contributed by atoms with E-state index in [1.54, 1.807) is 40.0 Å². The maximum absolute atomic E-state index is 14.1. The third kappa shape index (κ3) is 4.29. The van der Waals surface area contributed by atoms with E-state index in [-0.39, 0.29) is 11.8 Å². The second-order valence-corrected chi connectivity index (χ2v) is 12.0. The Morgan fingerprint density at radius 3 is 2.60 bits per heavy atom. The fourth-order valence-electron chi connectivity index (χ4n) is 5.45. The number of carbonyl (C=O) groups is 2. The number of amides is 2. The van der Waals surface area contributed by atoms with E-state index in [0.717, 1.165) is 32.7 Å². The van der Waals surface area contributed by atoms with Crippen LogP contribution in [0.2, 0.25) is 0 Å². The predicted octanol–water partition coefficient (Wildman–Crippen LogP) is 4.33. The topological polar surface area (TPSA) is 104 Å². The van der Waals surface area contributed by atoms with Crippen LogP contribution in [0.3, 0.4) is 0 Å². The molecule has 1 fully saturated rings. The van der Waals surface area contributed by atoms with Gasteiger partial charge in [0.25, 0.3) is 5.91 Å². The fourth-order valence-corrected chi connectivity index (χ4v) is 6.12. The molecule has 2 aromatic carbocycles. The van der Waals surface area contributed by atoms with Crippen molar-refractivity contribution in [3.05, 3.63) is 94.7 Å². The number of nitrogens with one attached hydrogen (secondary N) is 1. The van der Waals surface area contributed by atoms with E-state index in [1.807, 2.05) is 81.6 Å². The van der Waals surface area contributed by atoms with Gasteiger partial charge in [-0.3, -0.25) is 9.59 Å². The van der Waals surface area contributed by atoms with E-state index in [4.69, 9.17) is 0 Å². The van der Waals surface area contributed by atoms with Crippen molar-refractivity contribution in [2.24, 2.45) is 5.41 Å². The van der Waals surface area contributed by atoms with Gasteiger partial charge in [0, 0.05) is 35.4 Å². The number of fused-ring (bicyclic) bond motifs is 1. The number of benzene rings is 2. The van der Waals surface area contributed by atoms with Gasteiger partial charge in [0.05, 0.1) is 34.9 Å². The van der Waals surface area contributed by atoms with Crippen LogP contribution in [0.4, 0.5) is 5.69 Å². The zero-order valence-electron chi connectivity index (χ0n) is 22.6. The van der Waals surface area contributed by atoms with Gasteiger partial charge in [-0.05, 0) is 56.7 Å². The Morgan fingerprint density at radius 1 is 1.12 bits per heavy atom. The molecule has 2 amide bonds. The molecular formula is C30H30N6O3S. The molecule has 2 aliphatic rings. The highest BCUT2D eigenvalue weighted by Gasteiger charge is 2.55. The summed E-state index contributed by atoms with van der Waals surface area (Å²) >= 11 is 1.33. The van der Waals surface area contributed by atoms with Gasteiger partial charge < -0.3 is 20.2 Å². The average molecular weight is 555 g/mol. The first-order chi connectivity index (χ1) is 19.1. The largest absolute Gasteiger partial charge is 0.370 e. The number of hydrogen-bond acceptors (Lipinski definition) is 7. The number of rotatable bonds is 5. The van der Waals surface area contributed by atoms with Crippen LogP contribution in [0, 0.1) is 12.3 Å². The third-order valence-corrected chi connectivity index (χ3v) is 8.56. The molecule has 0 aliphatic carbocycles. The fraction of sp³-hybridized carbons (Fsp3) is 0.267. The number of aryl methyl sites for hydroxylation is 1. The van der Waals surface area contributed by atoms with Crippen LogP contribution < -0.4 is 10.2 Å². The number of allylic oxidation sites excluding steroid dienone is 2. The summed E-state index contributed by atoms with van der Waals surface area (Å²) in [5.74, 6) is -0.366. The van der Waals surface area contributed by atoms with E-state index < -0.39 is 23.7 Å². The zero-order valence-corrected chi connectivity index (χ0v) is 23.5. The highest BCUT2D eigenvalue weighted by Crippen LogP contribution is 2.47. The minimum Gasteiger partial charge on any atom is -0.370 e. The van der Waals surface area contributed by atoms with Gasteiger partial charge in [0.15, 0.2) is 5.01 Å². The van der Waals surface area contributed by atoms with Gasteiger partial charge in [-0.2, -0.15) is 5.10 Å². The summed E-state index contributed by atoms with van der Waals surface area (Å²) < 4.78 is 1.81. The highest BCUT2D eigenvalue weighted by molar-refractivity contribution is 7.13. The number of carbonyl (C=O) groups excluding carboxylic acids is 2. The van der Waals surface area contributed by atoms with Crippen LogP contribution in [0.5, 0.6) is 0 Å². The van der Waals surface area contributed by atoms with Crippen molar-refractivity contribution in [2.45, 2.75) is 39.1 Å². The smallest absolute Gasteiger partial charge is 0.280 e. The first-order valence-electron chi connectivity index (χ1n) is 13.1. The normalized spacial score (nSPS) is 22.2. The highest BCUT2D eigenvalue weighted by atomic mass is 32.1. The summed E-state index contributed by atoms with van der Waals surface area (Å²) in [6.45, 7) is 5.67. The molecule has 40 heavy (non-hydrogen) atoms. The molecule has 2 aromatic heterocycles. The van der Waals surface area contributed by atoms with Gasteiger partial charge in [0.1, 0.15) is 6.23 Å². The van der Waals surface area contributed by atoms with Crippen LogP contribution in [-0.4, -0.2) is 55.9 Å². The lowest BCUT2D eigenvalue weighted by Crippen LogP contribution is -2.46. The van der Waals surface area contributed by atoms with Crippen molar-refractivity contribution < 1.29 is 14.7 Å². The summed E-state index contributed by atoms with van der Waals surface area (Å²) in [4.78, 5) is 36.1. The number of nitrogens with zero attached hydrogens (tertiary/aromatic N) is 5. The Labute approximate surface area is 236 Å². The maximum atomic E-state index is 14.1. The van der Waals surface area contributed by atoms with E-state index >= 15 is 0 Å². The van der Waals surface area contributed by atoms with Crippen LogP contribution in [0.25, 0.3) is 16.6 Å². The van der Waals surface area contributed by atoms with Crippen molar-refractivity contribution in [1.82, 2.24) is 25.0 Å². The van der Waals surface area contributed by atoms with Crippen molar-refractivity contribution in [1.29, 1.82) is 0 Å². The SMILES string of the molecule is Cc1cnc(C(=O)N[C@@H]2[C@@H](c3ccccc3)N(c3ccc4c(cnn4C4=CN(C)C(O)C=C4)c3)C(=O)C2(C)C)s1. The van der Waals surface area contributed by atoms with E-state index in [0.29, 0.717) is 5.01 Å². The van der Waals surface area contributed by atoms with E-state index in [2.05, 4.69) is 15.4 Å². The summed E-state index contributed by atoms with van der Waals surface area (Å²) in [7, 11) is 1.80. The van der Waals surface area contributed by atoms with Crippen molar-refractivity contribution in [3.63, 3.8) is 0 Å². The summed E-state index contributed by atoms with van der Waals surface area (Å²) in [6, 6.07) is 14.7. The summed E-state index contributed by atoms with van der Waals surface area (Å²) in [5, 5.41) is 19.0. The summed E-state index contributed by atoms with van der Waals surface area (Å²) in [6.07, 6.45) is 8.14. The van der Waals surface area contributed by atoms with Crippen molar-refractivity contribution >= 4 is 45.4 Å². The van der Waals surface area contributed by atoms with Crippen LogP contribution in [0.15, 0.2) is 79.3 Å². The lowest BCUT2D eigenvalue weighted by atomic mass is 9.82. The predicted molar refractivity (Wildman–Crippen MR) is 155 cm³/mol. The van der Waals surface area contributed by atoms with E-state index in [1.165, 1.54) is 11.3 Å². The second kappa shape index (κ2) is 9.72. The lowest BCUT2D eigenvalue weighted by Gasteiger charge is -2.30. The Kier molecular flexibility index (Phi) is 6.31. The van der Waals surface area contributed by atoms with Crippen molar-refractivity contribution in [3.8, 4) is 0 Å².